The average molecular weight is 507 g/mol. The number of carboxylic acids is 1. The Bertz CT molecular complexity index is 1210. The Morgan fingerprint density at radius 3 is 2.56 bits per heavy atom. The summed E-state index contributed by atoms with van der Waals surface area (Å²) in [5.41, 5.74) is 2.86. The predicted molar refractivity (Wildman–Crippen MR) is 122 cm³/mol. The van der Waals surface area contributed by atoms with Crippen molar-refractivity contribution in [3.8, 4) is 17.0 Å². The molecule has 3 aromatic rings. The number of ether oxygens (including phenoxy) is 2. The van der Waals surface area contributed by atoms with E-state index in [2.05, 4.69) is 26.6 Å². The largest absolute Gasteiger partial charge is 0.497 e. The van der Waals surface area contributed by atoms with Crippen molar-refractivity contribution in [1.29, 1.82) is 0 Å². The van der Waals surface area contributed by atoms with Gasteiger partial charge in [0.25, 0.3) is 0 Å². The minimum atomic E-state index is -5.08. The van der Waals surface area contributed by atoms with Crippen molar-refractivity contribution in [2.45, 2.75) is 37.9 Å². The van der Waals surface area contributed by atoms with Crippen LogP contribution in [-0.4, -0.2) is 57.5 Å². The third-order valence-electron chi connectivity index (χ3n) is 6.22. The zero-order valence-corrected chi connectivity index (χ0v) is 19.5. The molecule has 0 bridgehead atoms. The number of imidazole rings is 1. The highest BCUT2D eigenvalue weighted by Crippen LogP contribution is 2.35. The number of alkyl halides is 3. The molecule has 1 unspecified atom stereocenters. The monoisotopic (exact) mass is 507 g/mol. The molecule has 0 saturated carbocycles. The Balaban J connectivity index is 0.000000384. The Morgan fingerprint density at radius 1 is 1.19 bits per heavy atom. The number of likely N-dealkylation sites (tertiary alicyclic amines) is 1. The first-order chi connectivity index (χ1) is 17.1. The second-order valence-corrected chi connectivity index (χ2v) is 8.74. The number of halogens is 4. The van der Waals surface area contributed by atoms with Crippen LogP contribution < -0.4 is 4.74 Å². The van der Waals surface area contributed by atoms with E-state index in [0.29, 0.717) is 6.61 Å². The molecular formula is C25H25F4N3O4. The summed E-state index contributed by atoms with van der Waals surface area (Å²) in [6, 6.07) is 14.9. The van der Waals surface area contributed by atoms with Gasteiger partial charge in [-0.2, -0.15) is 13.2 Å². The van der Waals surface area contributed by atoms with Crippen molar-refractivity contribution >= 4 is 5.97 Å². The maximum atomic E-state index is 13.7. The molecule has 0 amide bonds. The molecule has 1 fully saturated rings. The molecule has 2 aromatic carbocycles. The highest BCUT2D eigenvalue weighted by atomic mass is 19.4. The van der Waals surface area contributed by atoms with Crippen molar-refractivity contribution < 1.29 is 36.9 Å². The lowest BCUT2D eigenvalue weighted by atomic mass is 10.0. The van der Waals surface area contributed by atoms with Crippen LogP contribution in [0.1, 0.15) is 17.8 Å². The standard InChI is InChI=1S/C23H24FN3O2.C2HF3O2/c1-28-20-7-5-17(6-8-20)13-26-10-9-23(15-26)16-27-21(12-25-22(27)14-29-23)18-3-2-4-19(24)11-18;3-2(4,5)1(6)7/h2-8,11-12H,9-10,13-16H2,1H3;(H,6,7). The normalized spacial score (nSPS) is 19.5. The van der Waals surface area contributed by atoms with E-state index >= 15 is 0 Å². The number of aromatic nitrogens is 2. The molecule has 1 N–H and O–H groups in total. The Morgan fingerprint density at radius 2 is 1.92 bits per heavy atom. The molecule has 0 radical (unpaired) electrons. The smallest absolute Gasteiger partial charge is 0.490 e. The van der Waals surface area contributed by atoms with E-state index in [1.165, 1.54) is 11.6 Å². The van der Waals surface area contributed by atoms with Gasteiger partial charge in [-0.15, -0.1) is 0 Å². The van der Waals surface area contributed by atoms with E-state index in [-0.39, 0.29) is 11.4 Å². The summed E-state index contributed by atoms with van der Waals surface area (Å²) in [5, 5.41) is 7.12. The van der Waals surface area contributed by atoms with Gasteiger partial charge in [-0.25, -0.2) is 14.2 Å². The molecule has 11 heteroatoms. The van der Waals surface area contributed by atoms with Crippen molar-refractivity contribution in [2.75, 3.05) is 20.2 Å². The minimum absolute atomic E-state index is 0.220. The quantitative estimate of drug-likeness (QED) is 0.524. The number of rotatable bonds is 4. The number of hydrogen-bond donors (Lipinski definition) is 1. The zero-order valence-electron chi connectivity index (χ0n) is 19.5. The van der Waals surface area contributed by atoms with Crippen LogP contribution in [0, 0.1) is 5.82 Å². The lowest BCUT2D eigenvalue weighted by molar-refractivity contribution is -0.192. The number of nitrogens with zero attached hydrogens (tertiary/aromatic N) is 3. The second-order valence-electron chi connectivity index (χ2n) is 8.74. The molecule has 2 aliphatic heterocycles. The van der Waals surface area contributed by atoms with Crippen molar-refractivity contribution in [2.24, 2.45) is 0 Å². The van der Waals surface area contributed by atoms with E-state index in [1.807, 2.05) is 24.4 Å². The molecular weight excluding hydrogens is 482 g/mol. The molecule has 1 saturated heterocycles. The summed E-state index contributed by atoms with van der Waals surface area (Å²) in [6.07, 6.45) is -2.28. The van der Waals surface area contributed by atoms with Crippen molar-refractivity contribution in [1.82, 2.24) is 14.5 Å². The Hall–Kier alpha value is -3.44. The fourth-order valence-corrected chi connectivity index (χ4v) is 4.43. The predicted octanol–water partition coefficient (Wildman–Crippen LogP) is 4.51. The highest BCUT2D eigenvalue weighted by Gasteiger charge is 2.43. The van der Waals surface area contributed by atoms with Gasteiger partial charge < -0.3 is 19.1 Å². The number of fused-ring (bicyclic) bond motifs is 1. The van der Waals surface area contributed by atoms with Gasteiger partial charge in [0.05, 0.1) is 25.5 Å². The van der Waals surface area contributed by atoms with E-state index < -0.39 is 12.1 Å². The number of carboxylic acid groups (broad SMARTS) is 1. The summed E-state index contributed by atoms with van der Waals surface area (Å²) in [6.45, 7) is 3.99. The first kappa shape index (κ1) is 25.6. The second kappa shape index (κ2) is 10.3. The average Bonchev–Trinajstić information content (AvgIpc) is 3.43. The van der Waals surface area contributed by atoms with Crippen molar-refractivity contribution in [3.05, 3.63) is 71.9 Å². The molecule has 2 aliphatic rings. The minimum Gasteiger partial charge on any atom is -0.497 e. The maximum Gasteiger partial charge on any atom is 0.490 e. The maximum absolute atomic E-state index is 13.7. The number of aliphatic carboxylic acids is 1. The molecule has 7 nitrogen and oxygen atoms in total. The molecule has 1 atom stereocenters. The fraction of sp³-hybridized carbons (Fsp3) is 0.360. The van der Waals surface area contributed by atoms with Gasteiger partial charge in [-0.3, -0.25) is 4.90 Å². The van der Waals surface area contributed by atoms with Gasteiger partial charge in [-0.05, 0) is 36.2 Å². The van der Waals surface area contributed by atoms with Crippen LogP contribution in [0.5, 0.6) is 5.75 Å². The van der Waals surface area contributed by atoms with Gasteiger partial charge >= 0.3 is 12.1 Å². The first-order valence-corrected chi connectivity index (χ1v) is 11.2. The van der Waals surface area contributed by atoms with Crippen LogP contribution in [0.2, 0.25) is 0 Å². The first-order valence-electron chi connectivity index (χ1n) is 11.2. The van der Waals surface area contributed by atoms with Gasteiger partial charge in [0.1, 0.15) is 29.6 Å². The van der Waals surface area contributed by atoms with Crippen LogP contribution in [0.25, 0.3) is 11.3 Å². The lowest BCUT2D eigenvalue weighted by Crippen LogP contribution is -2.44. The third kappa shape index (κ3) is 5.85. The van der Waals surface area contributed by atoms with Gasteiger partial charge in [-0.1, -0.05) is 24.3 Å². The van der Waals surface area contributed by atoms with E-state index in [4.69, 9.17) is 19.4 Å². The van der Waals surface area contributed by atoms with Crippen molar-refractivity contribution in [3.63, 3.8) is 0 Å². The number of methoxy groups -OCH3 is 1. The number of benzene rings is 2. The molecule has 192 valence electrons. The molecule has 1 spiro atoms. The molecule has 1 aromatic heterocycles. The molecule has 0 aliphatic carbocycles. The summed E-state index contributed by atoms with van der Waals surface area (Å²) < 4.78 is 59.2. The van der Waals surface area contributed by atoms with Crippen LogP contribution in [0.3, 0.4) is 0 Å². The van der Waals surface area contributed by atoms with E-state index in [9.17, 15) is 17.6 Å². The van der Waals surface area contributed by atoms with Crippen LogP contribution >= 0.6 is 0 Å². The highest BCUT2D eigenvalue weighted by molar-refractivity contribution is 5.73. The van der Waals surface area contributed by atoms with E-state index in [0.717, 1.165) is 55.4 Å². The Kier molecular flexibility index (Phi) is 7.32. The molecule has 3 heterocycles. The zero-order chi connectivity index (χ0) is 25.9. The summed E-state index contributed by atoms with van der Waals surface area (Å²) in [7, 11) is 1.68. The summed E-state index contributed by atoms with van der Waals surface area (Å²) in [5.74, 6) is -1.21. The van der Waals surface area contributed by atoms with Crippen LogP contribution in [0.4, 0.5) is 17.6 Å². The molecule has 36 heavy (non-hydrogen) atoms. The van der Waals surface area contributed by atoms with E-state index in [1.54, 1.807) is 19.2 Å². The Labute approximate surface area is 204 Å². The summed E-state index contributed by atoms with van der Waals surface area (Å²) in [4.78, 5) is 15.8. The van der Waals surface area contributed by atoms with Gasteiger partial charge in [0.2, 0.25) is 0 Å². The topological polar surface area (TPSA) is 76.8 Å². The van der Waals surface area contributed by atoms with Gasteiger partial charge in [0, 0.05) is 25.2 Å². The number of hydrogen-bond acceptors (Lipinski definition) is 5. The van der Waals surface area contributed by atoms with Gasteiger partial charge in [0.15, 0.2) is 0 Å². The fourth-order valence-electron chi connectivity index (χ4n) is 4.43. The number of carbonyl (C=O) groups is 1. The SMILES string of the molecule is COc1ccc(CN2CCC3(C2)Cn2c(-c4cccc(F)c4)cnc2CO3)cc1.O=C(O)C(F)(F)F. The molecule has 5 rings (SSSR count). The van der Waals surface area contributed by atoms with Crippen LogP contribution in [-0.2, 0) is 29.2 Å². The van der Waals surface area contributed by atoms with Crippen LogP contribution in [0.15, 0.2) is 54.7 Å². The summed E-state index contributed by atoms with van der Waals surface area (Å²) >= 11 is 0. The third-order valence-corrected chi connectivity index (χ3v) is 6.22. The lowest BCUT2D eigenvalue weighted by Gasteiger charge is -2.35.